The highest BCUT2D eigenvalue weighted by molar-refractivity contribution is 9.10. The van der Waals surface area contributed by atoms with Crippen molar-refractivity contribution in [3.05, 3.63) is 68.6 Å². The van der Waals surface area contributed by atoms with E-state index in [1.165, 1.54) is 0 Å². The van der Waals surface area contributed by atoms with Crippen molar-refractivity contribution >= 4 is 54.9 Å². The first-order valence-corrected chi connectivity index (χ1v) is 7.71. The van der Waals surface area contributed by atoms with Gasteiger partial charge >= 0.3 is 0 Å². The van der Waals surface area contributed by atoms with Gasteiger partial charge in [-0.15, -0.1) is 0 Å². The van der Waals surface area contributed by atoms with Crippen LogP contribution in [0.5, 0.6) is 0 Å². The molecule has 0 amide bonds. The fourth-order valence-corrected chi connectivity index (χ4v) is 2.60. The largest absolute Gasteiger partial charge is 0.375 e. The van der Waals surface area contributed by atoms with Gasteiger partial charge < -0.3 is 5.73 Å². The number of nitrogens with zero attached hydrogens (tertiary/aromatic N) is 1. The summed E-state index contributed by atoms with van der Waals surface area (Å²) in [7, 11) is 0. The molecule has 3 nitrogen and oxygen atoms in total. The van der Waals surface area contributed by atoms with Crippen LogP contribution in [0, 0.1) is 0 Å². The normalized spacial score (nSPS) is 11.2. The number of benzene rings is 2. The molecule has 0 bridgehead atoms. The molecule has 0 aliphatic heterocycles. The van der Waals surface area contributed by atoms with Gasteiger partial charge in [-0.3, -0.25) is 5.43 Å². The molecule has 6 heteroatoms. The lowest BCUT2D eigenvalue weighted by molar-refractivity contribution is 1.03. The molecule has 2 rings (SSSR count). The first kappa shape index (κ1) is 15.2. The van der Waals surface area contributed by atoms with Crippen molar-refractivity contribution in [2.75, 3.05) is 0 Å². The predicted octanol–water partition coefficient (Wildman–Crippen LogP) is 3.80. The van der Waals surface area contributed by atoms with E-state index in [-0.39, 0.29) is 5.11 Å². The van der Waals surface area contributed by atoms with Crippen LogP contribution >= 0.6 is 44.1 Å². The van der Waals surface area contributed by atoms with Crippen LogP contribution in [0.2, 0.25) is 0 Å². The van der Waals surface area contributed by atoms with Gasteiger partial charge in [0.1, 0.15) is 0 Å². The Bertz CT molecular complexity index is 671. The van der Waals surface area contributed by atoms with Crippen molar-refractivity contribution in [1.29, 1.82) is 0 Å². The molecule has 0 atom stereocenters. The van der Waals surface area contributed by atoms with Gasteiger partial charge in [-0.1, -0.05) is 62.2 Å². The summed E-state index contributed by atoms with van der Waals surface area (Å²) in [6, 6.07) is 15.7. The van der Waals surface area contributed by atoms with Crippen LogP contribution in [-0.2, 0) is 0 Å². The maximum Gasteiger partial charge on any atom is 0.184 e. The third kappa shape index (κ3) is 3.88. The van der Waals surface area contributed by atoms with Gasteiger partial charge in [0.15, 0.2) is 5.11 Å². The highest BCUT2D eigenvalue weighted by Gasteiger charge is 2.11. The number of rotatable bonds is 3. The van der Waals surface area contributed by atoms with Crippen molar-refractivity contribution in [2.45, 2.75) is 0 Å². The van der Waals surface area contributed by atoms with E-state index in [4.69, 9.17) is 18.0 Å². The molecule has 2 aromatic carbocycles. The topological polar surface area (TPSA) is 50.4 Å². The number of halogens is 2. The van der Waals surface area contributed by atoms with Gasteiger partial charge in [-0.05, 0) is 30.4 Å². The molecule has 0 saturated heterocycles. The van der Waals surface area contributed by atoms with Crippen molar-refractivity contribution < 1.29 is 0 Å². The average Bonchev–Trinajstić information content (AvgIpc) is 2.41. The van der Waals surface area contributed by atoms with Crippen LogP contribution in [0.25, 0.3) is 0 Å². The van der Waals surface area contributed by atoms with Crippen LogP contribution in [0.3, 0.4) is 0 Å². The molecule has 3 N–H and O–H groups in total. The van der Waals surface area contributed by atoms with Crippen molar-refractivity contribution in [1.82, 2.24) is 5.43 Å². The summed E-state index contributed by atoms with van der Waals surface area (Å²) in [6.45, 7) is 0. The molecule has 0 aromatic heterocycles. The number of nitrogens with two attached hydrogens (primary N) is 1. The zero-order valence-corrected chi connectivity index (χ0v) is 14.3. The number of nitrogens with one attached hydrogen (secondary N) is 1. The van der Waals surface area contributed by atoms with Gasteiger partial charge in [0, 0.05) is 20.1 Å². The van der Waals surface area contributed by atoms with Crippen LogP contribution in [0.4, 0.5) is 0 Å². The Morgan fingerprint density at radius 1 is 1.10 bits per heavy atom. The maximum absolute atomic E-state index is 5.46. The minimum atomic E-state index is 0.129. The van der Waals surface area contributed by atoms with E-state index in [9.17, 15) is 0 Å². The summed E-state index contributed by atoms with van der Waals surface area (Å²) in [4.78, 5) is 0. The second-order valence-electron chi connectivity index (χ2n) is 3.93. The number of hydrogen-bond acceptors (Lipinski definition) is 2. The Labute approximate surface area is 139 Å². The number of hydrogen-bond donors (Lipinski definition) is 2. The highest BCUT2D eigenvalue weighted by atomic mass is 79.9. The Balaban J connectivity index is 2.54. The van der Waals surface area contributed by atoms with Gasteiger partial charge in [0.2, 0.25) is 0 Å². The number of hydrazone groups is 1. The van der Waals surface area contributed by atoms with Crippen molar-refractivity contribution in [3.8, 4) is 0 Å². The van der Waals surface area contributed by atoms with Crippen LogP contribution in [-0.4, -0.2) is 10.8 Å². The molecular weight excluding hydrogens is 402 g/mol. The average molecular weight is 413 g/mol. The third-order valence-corrected chi connectivity index (χ3v) is 3.78. The molecule has 0 radical (unpaired) electrons. The monoisotopic (exact) mass is 411 g/mol. The SMILES string of the molecule is NC(=S)N/N=C(/c1cccc(Br)c1)c1ccccc1Br. The van der Waals surface area contributed by atoms with E-state index in [1.54, 1.807) is 0 Å². The molecular formula is C14H11Br2N3S. The Morgan fingerprint density at radius 2 is 1.85 bits per heavy atom. The smallest absolute Gasteiger partial charge is 0.184 e. The van der Waals surface area contributed by atoms with E-state index < -0.39 is 0 Å². The van der Waals surface area contributed by atoms with E-state index >= 15 is 0 Å². The summed E-state index contributed by atoms with van der Waals surface area (Å²) >= 11 is 11.8. The summed E-state index contributed by atoms with van der Waals surface area (Å²) in [5.41, 5.74) is 10.8. The molecule has 0 aliphatic carbocycles. The summed E-state index contributed by atoms with van der Waals surface area (Å²) < 4.78 is 1.92. The van der Waals surface area contributed by atoms with Gasteiger partial charge in [-0.25, -0.2) is 0 Å². The van der Waals surface area contributed by atoms with E-state index in [1.807, 2.05) is 48.5 Å². The lowest BCUT2D eigenvalue weighted by atomic mass is 10.0. The Morgan fingerprint density at radius 3 is 2.50 bits per heavy atom. The molecule has 102 valence electrons. The molecule has 0 fully saturated rings. The summed E-state index contributed by atoms with van der Waals surface area (Å²) in [6.07, 6.45) is 0. The van der Waals surface area contributed by atoms with E-state index in [0.29, 0.717) is 0 Å². The lowest BCUT2D eigenvalue weighted by Gasteiger charge is -2.10. The van der Waals surface area contributed by atoms with Gasteiger partial charge in [0.25, 0.3) is 0 Å². The van der Waals surface area contributed by atoms with E-state index in [0.717, 1.165) is 25.8 Å². The third-order valence-electron chi connectivity index (χ3n) is 2.50. The van der Waals surface area contributed by atoms with Gasteiger partial charge in [-0.2, -0.15) is 5.10 Å². The minimum absolute atomic E-state index is 0.129. The van der Waals surface area contributed by atoms with Crippen molar-refractivity contribution in [2.24, 2.45) is 10.8 Å². The minimum Gasteiger partial charge on any atom is -0.375 e. The highest BCUT2D eigenvalue weighted by Crippen LogP contribution is 2.22. The van der Waals surface area contributed by atoms with Gasteiger partial charge in [0.05, 0.1) is 5.71 Å². The first-order chi connectivity index (χ1) is 9.58. The number of thiocarbonyl (C=S) groups is 1. The Hall–Kier alpha value is -1.24. The second kappa shape index (κ2) is 6.97. The lowest BCUT2D eigenvalue weighted by Crippen LogP contribution is -2.26. The summed E-state index contributed by atoms with van der Waals surface area (Å²) in [5.74, 6) is 0. The fraction of sp³-hybridized carbons (Fsp3) is 0. The molecule has 0 spiro atoms. The fourth-order valence-electron chi connectivity index (χ4n) is 1.68. The summed E-state index contributed by atoms with van der Waals surface area (Å²) in [5, 5.41) is 4.44. The molecule has 0 heterocycles. The molecule has 0 unspecified atom stereocenters. The quantitative estimate of drug-likeness (QED) is 0.458. The first-order valence-electron chi connectivity index (χ1n) is 5.72. The Kier molecular flexibility index (Phi) is 5.28. The van der Waals surface area contributed by atoms with Crippen LogP contribution in [0.15, 0.2) is 62.6 Å². The molecule has 0 saturated carbocycles. The van der Waals surface area contributed by atoms with Crippen LogP contribution < -0.4 is 11.2 Å². The van der Waals surface area contributed by atoms with E-state index in [2.05, 4.69) is 42.4 Å². The standard InChI is InChI=1S/C14H11Br2N3S/c15-10-5-3-4-9(8-10)13(18-19-14(17)20)11-6-1-2-7-12(11)16/h1-8H,(H3,17,19,20)/b18-13-. The maximum atomic E-state index is 5.46. The zero-order chi connectivity index (χ0) is 14.5. The zero-order valence-electron chi connectivity index (χ0n) is 10.3. The molecule has 2 aromatic rings. The molecule has 20 heavy (non-hydrogen) atoms. The predicted molar refractivity (Wildman–Crippen MR) is 93.8 cm³/mol. The van der Waals surface area contributed by atoms with Crippen molar-refractivity contribution in [3.63, 3.8) is 0 Å². The second-order valence-corrected chi connectivity index (χ2v) is 6.14. The molecule has 0 aliphatic rings. The van der Waals surface area contributed by atoms with Crippen LogP contribution in [0.1, 0.15) is 11.1 Å².